The van der Waals surface area contributed by atoms with Crippen molar-refractivity contribution in [3.63, 3.8) is 0 Å². The predicted molar refractivity (Wildman–Crippen MR) is 85.9 cm³/mol. The molecule has 2 N–H and O–H groups in total. The van der Waals surface area contributed by atoms with Crippen molar-refractivity contribution in [2.45, 2.75) is 25.2 Å². The standard InChI is InChI=1S/C15H21NO6S/c1-20-15(19)13(16-10-17)9-11-3-5-12(6-4-11)22-14(18)7-8-23-21-2/h3-6,10,13,15,19H,7-9H2,1-2H3,(H,16,17). The Morgan fingerprint density at radius 1 is 1.35 bits per heavy atom. The van der Waals surface area contributed by atoms with Gasteiger partial charge < -0.3 is 24.1 Å². The second-order valence-corrected chi connectivity index (χ2v) is 5.56. The lowest BCUT2D eigenvalue weighted by atomic mass is 10.1. The highest BCUT2D eigenvalue weighted by atomic mass is 32.2. The summed E-state index contributed by atoms with van der Waals surface area (Å²) in [5.41, 5.74) is 0.857. The molecular weight excluding hydrogens is 322 g/mol. The van der Waals surface area contributed by atoms with Gasteiger partial charge in [0.2, 0.25) is 6.41 Å². The molecule has 2 atom stereocenters. The van der Waals surface area contributed by atoms with Gasteiger partial charge in [0.15, 0.2) is 6.29 Å². The first-order valence-electron chi connectivity index (χ1n) is 6.96. The van der Waals surface area contributed by atoms with Crippen molar-refractivity contribution in [3.05, 3.63) is 29.8 Å². The van der Waals surface area contributed by atoms with Crippen LogP contribution in [-0.4, -0.2) is 49.8 Å². The summed E-state index contributed by atoms with van der Waals surface area (Å²) >= 11 is 1.19. The van der Waals surface area contributed by atoms with Crippen LogP contribution in [0.4, 0.5) is 0 Å². The second-order valence-electron chi connectivity index (χ2n) is 4.58. The Labute approximate surface area is 139 Å². The molecule has 1 rings (SSSR count). The van der Waals surface area contributed by atoms with Crippen LogP contribution in [0.25, 0.3) is 0 Å². The molecule has 0 aliphatic rings. The lowest BCUT2D eigenvalue weighted by molar-refractivity contribution is -0.133. The van der Waals surface area contributed by atoms with Crippen LogP contribution in [0.1, 0.15) is 12.0 Å². The molecule has 0 fully saturated rings. The number of amides is 1. The van der Waals surface area contributed by atoms with Gasteiger partial charge in [-0.3, -0.25) is 9.59 Å². The number of rotatable bonds is 11. The Morgan fingerprint density at radius 3 is 2.61 bits per heavy atom. The minimum absolute atomic E-state index is 0.256. The molecule has 128 valence electrons. The van der Waals surface area contributed by atoms with Gasteiger partial charge in [0.05, 0.1) is 19.6 Å². The van der Waals surface area contributed by atoms with Gasteiger partial charge in [0.25, 0.3) is 0 Å². The van der Waals surface area contributed by atoms with Crippen molar-refractivity contribution in [2.24, 2.45) is 0 Å². The van der Waals surface area contributed by atoms with E-state index in [0.29, 0.717) is 24.3 Å². The summed E-state index contributed by atoms with van der Waals surface area (Å²) < 4.78 is 14.8. The Bertz CT molecular complexity index is 481. The van der Waals surface area contributed by atoms with Crippen LogP contribution >= 0.6 is 12.0 Å². The van der Waals surface area contributed by atoms with E-state index in [-0.39, 0.29) is 12.4 Å². The minimum Gasteiger partial charge on any atom is -0.427 e. The lowest BCUT2D eigenvalue weighted by Crippen LogP contribution is -2.41. The normalized spacial score (nSPS) is 13.2. The second kappa shape index (κ2) is 11.0. The zero-order valence-corrected chi connectivity index (χ0v) is 13.9. The summed E-state index contributed by atoms with van der Waals surface area (Å²) in [6.45, 7) is 0. The third-order valence-corrected chi connectivity index (χ3v) is 3.59. The molecule has 1 amide bonds. The van der Waals surface area contributed by atoms with Crippen LogP contribution < -0.4 is 10.1 Å². The van der Waals surface area contributed by atoms with Crippen LogP contribution in [0.15, 0.2) is 24.3 Å². The molecule has 0 bridgehead atoms. The maximum Gasteiger partial charge on any atom is 0.312 e. The topological polar surface area (TPSA) is 94.1 Å². The van der Waals surface area contributed by atoms with Crippen molar-refractivity contribution in [1.29, 1.82) is 0 Å². The number of nitrogens with one attached hydrogen (secondary N) is 1. The Hall–Kier alpha value is -1.61. The minimum atomic E-state index is -1.10. The molecule has 7 nitrogen and oxygen atoms in total. The average molecular weight is 343 g/mol. The molecule has 8 heteroatoms. The van der Waals surface area contributed by atoms with E-state index in [2.05, 4.69) is 5.32 Å². The van der Waals surface area contributed by atoms with Crippen molar-refractivity contribution in [3.8, 4) is 5.75 Å². The van der Waals surface area contributed by atoms with Crippen molar-refractivity contribution < 1.29 is 28.4 Å². The van der Waals surface area contributed by atoms with Crippen LogP contribution in [0.5, 0.6) is 5.75 Å². The van der Waals surface area contributed by atoms with Crippen LogP contribution in [0.3, 0.4) is 0 Å². The van der Waals surface area contributed by atoms with Gasteiger partial charge in [-0.2, -0.15) is 0 Å². The zero-order chi connectivity index (χ0) is 17.1. The number of hydrogen-bond donors (Lipinski definition) is 2. The molecule has 1 aromatic carbocycles. The largest absolute Gasteiger partial charge is 0.427 e. The zero-order valence-electron chi connectivity index (χ0n) is 13.1. The van der Waals surface area contributed by atoms with Crippen molar-refractivity contribution in [1.82, 2.24) is 5.32 Å². The fourth-order valence-electron chi connectivity index (χ4n) is 1.83. The molecule has 0 spiro atoms. The van der Waals surface area contributed by atoms with E-state index in [1.165, 1.54) is 19.2 Å². The first kappa shape index (κ1) is 19.4. The molecule has 0 saturated heterocycles. The number of hydrogen-bond acceptors (Lipinski definition) is 7. The molecule has 0 saturated carbocycles. The summed E-state index contributed by atoms with van der Waals surface area (Å²) in [6, 6.07) is 6.28. The van der Waals surface area contributed by atoms with Crippen molar-refractivity contribution >= 4 is 24.4 Å². The van der Waals surface area contributed by atoms with Gasteiger partial charge in [-0.05, 0) is 36.2 Å². The molecule has 23 heavy (non-hydrogen) atoms. The smallest absolute Gasteiger partial charge is 0.312 e. The molecule has 0 aromatic heterocycles. The van der Waals surface area contributed by atoms with Gasteiger partial charge in [0, 0.05) is 12.9 Å². The SMILES string of the molecule is COSCCC(=O)Oc1ccc(CC(NC=O)C(O)OC)cc1. The first-order chi connectivity index (χ1) is 11.1. The van der Waals surface area contributed by atoms with E-state index in [0.717, 1.165) is 5.56 Å². The Kier molecular flexibility index (Phi) is 9.30. The lowest BCUT2D eigenvalue weighted by Gasteiger charge is -2.21. The van der Waals surface area contributed by atoms with Crippen LogP contribution in [-0.2, 0) is 24.9 Å². The molecule has 0 heterocycles. The van der Waals surface area contributed by atoms with E-state index in [1.54, 1.807) is 31.4 Å². The highest BCUT2D eigenvalue weighted by Crippen LogP contribution is 2.15. The van der Waals surface area contributed by atoms with E-state index in [4.69, 9.17) is 13.7 Å². The Morgan fingerprint density at radius 2 is 2.04 bits per heavy atom. The maximum atomic E-state index is 11.6. The maximum absolute atomic E-state index is 11.6. The quantitative estimate of drug-likeness (QED) is 0.154. The molecule has 1 aromatic rings. The average Bonchev–Trinajstić information content (AvgIpc) is 2.55. The number of esters is 1. The summed E-state index contributed by atoms with van der Waals surface area (Å²) in [4.78, 5) is 22.1. The molecule has 0 aliphatic heterocycles. The summed E-state index contributed by atoms with van der Waals surface area (Å²) in [5, 5.41) is 12.2. The van der Waals surface area contributed by atoms with Crippen molar-refractivity contribution in [2.75, 3.05) is 20.0 Å². The number of aliphatic hydroxyl groups is 1. The van der Waals surface area contributed by atoms with Gasteiger partial charge >= 0.3 is 5.97 Å². The predicted octanol–water partition coefficient (Wildman–Crippen LogP) is 0.899. The fraction of sp³-hybridized carbons (Fsp3) is 0.467. The summed E-state index contributed by atoms with van der Waals surface area (Å²) in [7, 11) is 2.90. The Balaban J connectivity index is 2.54. The molecule has 0 aliphatic carbocycles. The number of carbonyl (C=O) groups is 2. The van der Waals surface area contributed by atoms with E-state index in [1.807, 2.05) is 0 Å². The third-order valence-electron chi connectivity index (χ3n) is 2.99. The molecule has 2 unspecified atom stereocenters. The van der Waals surface area contributed by atoms with Gasteiger partial charge in [-0.1, -0.05) is 12.1 Å². The van der Waals surface area contributed by atoms with E-state index in [9.17, 15) is 14.7 Å². The van der Waals surface area contributed by atoms with Gasteiger partial charge in [-0.25, -0.2) is 0 Å². The number of methoxy groups -OCH3 is 1. The fourth-order valence-corrected chi connectivity index (χ4v) is 2.25. The highest BCUT2D eigenvalue weighted by molar-refractivity contribution is 7.94. The molecule has 0 radical (unpaired) electrons. The summed E-state index contributed by atoms with van der Waals surface area (Å²) in [5.74, 6) is 0.632. The van der Waals surface area contributed by atoms with Gasteiger partial charge in [-0.15, -0.1) is 0 Å². The number of aliphatic hydroxyl groups excluding tert-OH is 1. The van der Waals surface area contributed by atoms with E-state index >= 15 is 0 Å². The van der Waals surface area contributed by atoms with Crippen LogP contribution in [0.2, 0.25) is 0 Å². The monoisotopic (exact) mass is 343 g/mol. The number of benzene rings is 1. The highest BCUT2D eigenvalue weighted by Gasteiger charge is 2.18. The van der Waals surface area contributed by atoms with Gasteiger partial charge in [0.1, 0.15) is 5.75 Å². The summed E-state index contributed by atoms with van der Waals surface area (Å²) in [6.07, 6.45) is 0.0510. The molecular formula is C15H21NO6S. The number of carbonyl (C=O) groups excluding carboxylic acids is 2. The first-order valence-corrected chi connectivity index (χ1v) is 7.87. The number of ether oxygens (including phenoxy) is 2. The van der Waals surface area contributed by atoms with E-state index < -0.39 is 12.3 Å². The van der Waals surface area contributed by atoms with Crippen LogP contribution in [0, 0.1) is 0 Å². The third kappa shape index (κ3) is 7.47.